The molecule has 0 aliphatic carbocycles. The molecule has 0 radical (unpaired) electrons. The molecule has 0 fully saturated rings. The molecule has 0 saturated heterocycles. The summed E-state index contributed by atoms with van der Waals surface area (Å²) in [4.78, 5) is 24.6. The minimum Gasteiger partial charge on any atom is -0.506 e. The van der Waals surface area contributed by atoms with Crippen molar-refractivity contribution in [2.45, 2.75) is 12.2 Å². The second kappa shape index (κ2) is 12.7. The van der Waals surface area contributed by atoms with Gasteiger partial charge in [-0.2, -0.15) is 0 Å². The quantitative estimate of drug-likeness (QED) is 0.124. The first-order chi connectivity index (χ1) is 16.8. The highest BCUT2D eigenvalue weighted by Gasteiger charge is 2.31. The monoisotopic (exact) mass is 668 g/mol. The summed E-state index contributed by atoms with van der Waals surface area (Å²) in [7, 11) is 0. The molecular formula is C24H19Br3N2O6. The van der Waals surface area contributed by atoms with E-state index in [1.807, 2.05) is 0 Å². The van der Waals surface area contributed by atoms with Crippen LogP contribution < -0.4 is 15.5 Å². The van der Waals surface area contributed by atoms with Crippen LogP contribution in [0.1, 0.15) is 11.7 Å². The molecule has 0 heterocycles. The van der Waals surface area contributed by atoms with E-state index in [2.05, 4.69) is 53.1 Å². The molecule has 0 aliphatic rings. The molecule has 3 rings (SSSR count). The molecule has 3 aromatic carbocycles. The molecule has 0 spiro atoms. The molecular weight excluding hydrogens is 652 g/mol. The van der Waals surface area contributed by atoms with E-state index in [1.54, 1.807) is 66.7 Å². The smallest absolute Gasteiger partial charge is 0.412 e. The van der Waals surface area contributed by atoms with Crippen LogP contribution in [0.2, 0.25) is 0 Å². The fraction of sp³-hybridized carbons (Fsp3) is 0.0833. The number of hydroxylamine groups is 1. The number of hydrogen-bond acceptors (Lipinski definition) is 6. The first kappa shape index (κ1) is 26.7. The molecule has 0 aliphatic heterocycles. The second-order valence-corrected chi connectivity index (χ2v) is 9.70. The number of para-hydroxylation sites is 1. The number of ether oxygens (including phenoxy) is 2. The van der Waals surface area contributed by atoms with Crippen LogP contribution in [0.3, 0.4) is 0 Å². The lowest BCUT2D eigenvalue weighted by molar-refractivity contribution is -0.124. The van der Waals surface area contributed by atoms with E-state index < -0.39 is 24.2 Å². The van der Waals surface area contributed by atoms with Crippen LogP contribution in [0.25, 0.3) is 0 Å². The van der Waals surface area contributed by atoms with Gasteiger partial charge < -0.3 is 14.6 Å². The zero-order chi connectivity index (χ0) is 25.4. The maximum Gasteiger partial charge on any atom is 0.412 e. The van der Waals surface area contributed by atoms with Crippen molar-refractivity contribution in [1.82, 2.24) is 5.48 Å². The van der Waals surface area contributed by atoms with Crippen molar-refractivity contribution in [3.8, 4) is 11.5 Å². The van der Waals surface area contributed by atoms with Gasteiger partial charge in [-0.1, -0.05) is 50.1 Å². The molecule has 0 unspecified atom stereocenters. The summed E-state index contributed by atoms with van der Waals surface area (Å²) in [6.45, 7) is 0. The summed E-state index contributed by atoms with van der Waals surface area (Å²) in [5.41, 5.74) is 2.18. The van der Waals surface area contributed by atoms with Crippen LogP contribution in [0, 0.1) is 0 Å². The minimum atomic E-state index is -1.22. The fourth-order valence-electron chi connectivity index (χ4n) is 2.98. The first-order valence-corrected chi connectivity index (χ1v) is 12.4. The number of halogens is 3. The number of hydrogen-bond donors (Lipinski definition) is 4. The van der Waals surface area contributed by atoms with Gasteiger partial charge in [-0.05, 0) is 70.5 Å². The predicted molar refractivity (Wildman–Crippen MR) is 140 cm³/mol. The molecule has 2 atom stereocenters. The third-order valence-electron chi connectivity index (χ3n) is 4.55. The average molecular weight is 671 g/mol. The van der Waals surface area contributed by atoms with Crippen molar-refractivity contribution in [3.05, 3.63) is 97.9 Å². The van der Waals surface area contributed by atoms with E-state index in [9.17, 15) is 14.7 Å². The summed E-state index contributed by atoms with van der Waals surface area (Å²) < 4.78 is 13.5. The van der Waals surface area contributed by atoms with E-state index in [1.165, 1.54) is 11.6 Å². The normalized spacial score (nSPS) is 12.6. The van der Waals surface area contributed by atoms with E-state index in [0.717, 1.165) is 10.5 Å². The molecule has 4 N–H and O–H groups in total. The lowest BCUT2D eigenvalue weighted by Gasteiger charge is -2.27. The highest BCUT2D eigenvalue weighted by Crippen LogP contribution is 2.39. The Morgan fingerprint density at radius 1 is 0.943 bits per heavy atom. The first-order valence-electron chi connectivity index (χ1n) is 10.0. The Hall–Kier alpha value is -2.86. The Balaban J connectivity index is 2.02. The maximum absolute atomic E-state index is 12.9. The number of benzene rings is 3. The fourth-order valence-corrected chi connectivity index (χ4v) is 4.51. The Labute approximate surface area is 226 Å². The number of aromatic hydroxyl groups is 1. The molecule has 0 bridgehead atoms. The number of carbonyl (C=O) groups is 2. The molecule has 182 valence electrons. The number of carbonyl (C=O) groups excluding carboxylic acids is 2. The van der Waals surface area contributed by atoms with Crippen molar-refractivity contribution in [2.75, 3.05) is 5.32 Å². The Morgan fingerprint density at radius 2 is 1.63 bits per heavy atom. The van der Waals surface area contributed by atoms with Crippen LogP contribution in [0.5, 0.6) is 11.5 Å². The van der Waals surface area contributed by atoms with Crippen molar-refractivity contribution in [2.24, 2.45) is 0 Å². The Kier molecular flexibility index (Phi) is 9.73. The van der Waals surface area contributed by atoms with Gasteiger partial charge in [0, 0.05) is 26.3 Å². The molecule has 2 amide bonds. The number of nitrogens with one attached hydrogen (secondary N) is 2. The standard InChI is InChI=1S/C24H19Br3N2O6/c25-14-6-8-16(9-7-14)28-24(32)35-23(18-12-15(26)13-19(27)22(18)31)20(10-11-21(30)29-33)34-17-4-2-1-3-5-17/h1-13,20,23,31,33H,(H,28,32)(H,29,30)/b11-10+/t20-,23-/m1/s1. The number of amides is 2. The van der Waals surface area contributed by atoms with Crippen LogP contribution in [0.15, 0.2) is 92.3 Å². The SMILES string of the molecule is O=C(/C=C/[C@@H](Oc1ccccc1)[C@H](OC(=O)Nc1ccc(Br)cc1)c1cc(Br)cc(Br)c1O)NO. The topological polar surface area (TPSA) is 117 Å². The zero-order valence-electron chi connectivity index (χ0n) is 17.8. The number of anilines is 1. The molecule has 3 aromatic rings. The summed E-state index contributed by atoms with van der Waals surface area (Å²) in [6, 6.07) is 18.7. The number of phenols is 1. The molecule has 35 heavy (non-hydrogen) atoms. The van der Waals surface area contributed by atoms with Gasteiger partial charge in [0.2, 0.25) is 0 Å². The van der Waals surface area contributed by atoms with Gasteiger partial charge in [-0.15, -0.1) is 0 Å². The van der Waals surface area contributed by atoms with Gasteiger partial charge in [-0.25, -0.2) is 10.3 Å². The van der Waals surface area contributed by atoms with Crippen LogP contribution >= 0.6 is 47.8 Å². The van der Waals surface area contributed by atoms with Gasteiger partial charge in [0.1, 0.15) is 11.5 Å². The van der Waals surface area contributed by atoms with E-state index in [4.69, 9.17) is 14.7 Å². The van der Waals surface area contributed by atoms with Crippen molar-refractivity contribution >= 4 is 65.5 Å². The third kappa shape index (κ3) is 7.82. The van der Waals surface area contributed by atoms with E-state index in [-0.39, 0.29) is 11.3 Å². The van der Waals surface area contributed by atoms with Crippen molar-refractivity contribution in [1.29, 1.82) is 0 Å². The largest absolute Gasteiger partial charge is 0.506 e. The summed E-state index contributed by atoms with van der Waals surface area (Å²) in [6.07, 6.45) is -0.792. The second-order valence-electron chi connectivity index (χ2n) is 7.01. The maximum atomic E-state index is 12.9. The summed E-state index contributed by atoms with van der Waals surface area (Å²) in [5.74, 6) is -0.581. The Bertz CT molecular complexity index is 1210. The predicted octanol–water partition coefficient (Wildman–Crippen LogP) is 6.48. The summed E-state index contributed by atoms with van der Waals surface area (Å²) >= 11 is 9.99. The zero-order valence-corrected chi connectivity index (χ0v) is 22.6. The molecule has 0 saturated carbocycles. The molecule has 0 aromatic heterocycles. The third-order valence-corrected chi connectivity index (χ3v) is 6.14. The number of rotatable bonds is 8. The van der Waals surface area contributed by atoms with Gasteiger partial charge in [0.15, 0.2) is 12.2 Å². The summed E-state index contributed by atoms with van der Waals surface area (Å²) in [5, 5.41) is 22.3. The van der Waals surface area contributed by atoms with Gasteiger partial charge >= 0.3 is 6.09 Å². The minimum absolute atomic E-state index is 0.184. The molecule has 11 heteroatoms. The number of phenolic OH excluding ortho intramolecular Hbond substituents is 1. The van der Waals surface area contributed by atoms with Gasteiger partial charge in [0.05, 0.1) is 4.47 Å². The van der Waals surface area contributed by atoms with E-state index in [0.29, 0.717) is 20.4 Å². The van der Waals surface area contributed by atoms with Gasteiger partial charge in [-0.3, -0.25) is 15.3 Å². The van der Waals surface area contributed by atoms with Crippen LogP contribution in [-0.4, -0.2) is 28.4 Å². The van der Waals surface area contributed by atoms with E-state index >= 15 is 0 Å². The highest BCUT2D eigenvalue weighted by atomic mass is 79.9. The Morgan fingerprint density at radius 3 is 2.29 bits per heavy atom. The van der Waals surface area contributed by atoms with Crippen molar-refractivity contribution < 1.29 is 29.4 Å². The average Bonchev–Trinajstić information content (AvgIpc) is 2.84. The molecule has 8 nitrogen and oxygen atoms in total. The lowest BCUT2D eigenvalue weighted by Crippen LogP contribution is -2.30. The van der Waals surface area contributed by atoms with Gasteiger partial charge in [0.25, 0.3) is 5.91 Å². The highest BCUT2D eigenvalue weighted by molar-refractivity contribution is 9.11. The lowest BCUT2D eigenvalue weighted by atomic mass is 10.0. The van der Waals surface area contributed by atoms with Crippen LogP contribution in [0.4, 0.5) is 10.5 Å². The van der Waals surface area contributed by atoms with Crippen LogP contribution in [-0.2, 0) is 9.53 Å². The van der Waals surface area contributed by atoms with Crippen molar-refractivity contribution in [3.63, 3.8) is 0 Å².